The van der Waals surface area contributed by atoms with Gasteiger partial charge in [-0.1, -0.05) is 31.2 Å². The van der Waals surface area contributed by atoms with Gasteiger partial charge in [0.2, 0.25) is 0 Å². The zero-order valence-corrected chi connectivity index (χ0v) is 21.2. The molecule has 0 aliphatic carbocycles. The predicted octanol–water partition coefficient (Wildman–Crippen LogP) is 4.49. The molecule has 1 aromatic carbocycles. The van der Waals surface area contributed by atoms with Gasteiger partial charge in [0, 0.05) is 23.8 Å². The molecular formula is C25H26F3N5O3S. The number of nitrogen functional groups attached to an aromatic ring is 1. The zero-order chi connectivity index (χ0) is 27.2. The normalized spacial score (nSPS) is 17.6. The maximum atomic E-state index is 13.7. The number of pyridine rings is 2. The third-order valence-corrected chi connectivity index (χ3v) is 8.08. The summed E-state index contributed by atoms with van der Waals surface area (Å²) in [5, 5.41) is -0.468. The van der Waals surface area contributed by atoms with Crippen molar-refractivity contribution in [1.29, 1.82) is 0 Å². The minimum atomic E-state index is -4.65. The van der Waals surface area contributed by atoms with Crippen molar-refractivity contribution >= 4 is 27.6 Å². The van der Waals surface area contributed by atoms with E-state index in [9.17, 15) is 26.4 Å². The molecule has 1 unspecified atom stereocenters. The van der Waals surface area contributed by atoms with Crippen LogP contribution >= 0.6 is 0 Å². The van der Waals surface area contributed by atoms with Crippen LogP contribution in [0.4, 0.5) is 24.8 Å². The Kier molecular flexibility index (Phi) is 6.65. The van der Waals surface area contributed by atoms with Crippen molar-refractivity contribution in [3.63, 3.8) is 0 Å². The first-order chi connectivity index (χ1) is 17.2. The molecule has 1 saturated heterocycles. The molecule has 8 nitrogen and oxygen atoms in total. The van der Waals surface area contributed by atoms with Crippen LogP contribution in [0, 0.1) is 5.92 Å². The number of nitrogens with one attached hydrogen (secondary N) is 1. The first-order valence-electron chi connectivity index (χ1n) is 11.5. The SMILES string of the molecule is CC1CCN(c2ncc(-c3ccccc3C(F)(F)F)cc2C(=O)NS(=O)(=O)c2cccc(N)n2)C1(C)C. The van der Waals surface area contributed by atoms with Crippen molar-refractivity contribution in [2.45, 2.75) is 43.9 Å². The Morgan fingerprint density at radius 1 is 1.16 bits per heavy atom. The monoisotopic (exact) mass is 533 g/mol. The van der Waals surface area contributed by atoms with E-state index >= 15 is 0 Å². The van der Waals surface area contributed by atoms with E-state index in [0.29, 0.717) is 6.54 Å². The average Bonchev–Trinajstić information content (AvgIpc) is 3.09. The molecule has 1 atom stereocenters. The lowest BCUT2D eigenvalue weighted by molar-refractivity contribution is -0.137. The van der Waals surface area contributed by atoms with Crippen LogP contribution in [0.25, 0.3) is 11.1 Å². The second-order valence-electron chi connectivity index (χ2n) is 9.47. The number of hydrogen-bond acceptors (Lipinski definition) is 7. The molecular weight excluding hydrogens is 507 g/mol. The summed E-state index contributed by atoms with van der Waals surface area (Å²) in [5.74, 6) is -0.712. The summed E-state index contributed by atoms with van der Waals surface area (Å²) < 4.78 is 68.8. The van der Waals surface area contributed by atoms with Crippen LogP contribution in [-0.4, -0.2) is 36.4 Å². The molecule has 3 N–H and O–H groups in total. The minimum absolute atomic E-state index is 0.0198. The molecule has 2 aromatic heterocycles. The van der Waals surface area contributed by atoms with E-state index in [1.807, 2.05) is 30.4 Å². The molecule has 0 saturated carbocycles. The van der Waals surface area contributed by atoms with E-state index in [1.54, 1.807) is 0 Å². The number of sulfonamides is 1. The van der Waals surface area contributed by atoms with Crippen LogP contribution in [-0.2, 0) is 16.2 Å². The van der Waals surface area contributed by atoms with Gasteiger partial charge in [0.05, 0.1) is 11.1 Å². The van der Waals surface area contributed by atoms with Crippen LogP contribution in [0.5, 0.6) is 0 Å². The quantitative estimate of drug-likeness (QED) is 0.496. The number of alkyl halides is 3. The predicted molar refractivity (Wildman–Crippen MR) is 133 cm³/mol. The van der Waals surface area contributed by atoms with Gasteiger partial charge in [-0.25, -0.2) is 14.7 Å². The number of halogens is 3. The van der Waals surface area contributed by atoms with Gasteiger partial charge in [-0.05, 0) is 56.0 Å². The Labute approximate surface area is 212 Å². The van der Waals surface area contributed by atoms with Crippen molar-refractivity contribution < 1.29 is 26.4 Å². The lowest BCUT2D eigenvalue weighted by atomic mass is 9.90. The Hall–Kier alpha value is -3.67. The number of carbonyl (C=O) groups is 1. The van der Waals surface area contributed by atoms with E-state index in [1.165, 1.54) is 48.7 Å². The summed E-state index contributed by atoms with van der Waals surface area (Å²) in [7, 11) is -4.44. The standard InChI is InChI=1S/C25H26F3N5O3S/c1-15-11-12-33(24(15,2)3)22-18(23(34)32-37(35,36)21-10-6-9-20(29)31-21)13-16(14-30-22)17-7-4-5-8-19(17)25(26,27)28/h4-10,13-15H,11-12H2,1-3H3,(H2,29,31)(H,32,34). The van der Waals surface area contributed by atoms with Gasteiger partial charge >= 0.3 is 6.18 Å². The summed E-state index contributed by atoms with van der Waals surface area (Å²) in [6, 6.07) is 10.1. The number of aromatic nitrogens is 2. The molecule has 3 heterocycles. The largest absolute Gasteiger partial charge is 0.417 e. The van der Waals surface area contributed by atoms with Crippen molar-refractivity contribution in [3.05, 3.63) is 65.9 Å². The topological polar surface area (TPSA) is 118 Å². The van der Waals surface area contributed by atoms with E-state index in [-0.39, 0.29) is 34.2 Å². The van der Waals surface area contributed by atoms with Crippen LogP contribution < -0.4 is 15.4 Å². The highest BCUT2D eigenvalue weighted by atomic mass is 32.2. The lowest BCUT2D eigenvalue weighted by Gasteiger charge is -2.36. The van der Waals surface area contributed by atoms with E-state index in [2.05, 4.69) is 9.97 Å². The molecule has 1 fully saturated rings. The van der Waals surface area contributed by atoms with Gasteiger partial charge in [0.15, 0.2) is 5.03 Å². The van der Waals surface area contributed by atoms with E-state index in [4.69, 9.17) is 5.73 Å². The van der Waals surface area contributed by atoms with Crippen LogP contribution in [0.2, 0.25) is 0 Å². The second kappa shape index (κ2) is 9.33. The number of nitrogens with two attached hydrogens (primary N) is 1. The number of benzene rings is 1. The van der Waals surface area contributed by atoms with Gasteiger partial charge in [0.25, 0.3) is 15.9 Å². The summed E-state index contributed by atoms with van der Waals surface area (Å²) >= 11 is 0. The fourth-order valence-electron chi connectivity index (χ4n) is 4.39. The number of hydrogen-bond donors (Lipinski definition) is 2. The molecule has 196 valence electrons. The van der Waals surface area contributed by atoms with Crippen molar-refractivity contribution in [2.75, 3.05) is 17.2 Å². The van der Waals surface area contributed by atoms with Gasteiger partial charge in [0.1, 0.15) is 11.6 Å². The van der Waals surface area contributed by atoms with E-state index in [0.717, 1.165) is 12.5 Å². The summed E-state index contributed by atoms with van der Waals surface area (Å²) in [5.41, 5.74) is 3.90. The van der Waals surface area contributed by atoms with Crippen molar-refractivity contribution in [2.24, 2.45) is 5.92 Å². The fourth-order valence-corrected chi connectivity index (χ4v) is 5.33. The molecule has 37 heavy (non-hydrogen) atoms. The lowest BCUT2D eigenvalue weighted by Crippen LogP contribution is -2.43. The highest BCUT2D eigenvalue weighted by molar-refractivity contribution is 7.90. The number of amides is 1. The maximum absolute atomic E-state index is 13.7. The Morgan fingerprint density at radius 2 is 1.86 bits per heavy atom. The van der Waals surface area contributed by atoms with Crippen molar-refractivity contribution in [1.82, 2.24) is 14.7 Å². The van der Waals surface area contributed by atoms with Crippen LogP contribution in [0.15, 0.2) is 59.8 Å². The van der Waals surface area contributed by atoms with Gasteiger partial charge in [-0.2, -0.15) is 21.6 Å². The van der Waals surface area contributed by atoms with Gasteiger partial charge < -0.3 is 10.6 Å². The van der Waals surface area contributed by atoms with E-state index < -0.39 is 38.2 Å². The Morgan fingerprint density at radius 3 is 2.49 bits per heavy atom. The summed E-state index contributed by atoms with van der Waals surface area (Å²) in [6.07, 6.45) is -2.59. The highest BCUT2D eigenvalue weighted by Gasteiger charge is 2.41. The number of rotatable bonds is 5. The minimum Gasteiger partial charge on any atom is -0.384 e. The van der Waals surface area contributed by atoms with Gasteiger partial charge in [-0.3, -0.25) is 4.79 Å². The number of anilines is 2. The summed E-state index contributed by atoms with van der Waals surface area (Å²) in [4.78, 5) is 23.4. The van der Waals surface area contributed by atoms with Crippen LogP contribution in [0.3, 0.4) is 0 Å². The number of nitrogens with zero attached hydrogens (tertiary/aromatic N) is 3. The maximum Gasteiger partial charge on any atom is 0.417 e. The third-order valence-electron chi connectivity index (χ3n) is 6.85. The Bertz CT molecular complexity index is 1460. The molecule has 1 aliphatic rings. The molecule has 0 spiro atoms. The van der Waals surface area contributed by atoms with Crippen molar-refractivity contribution in [3.8, 4) is 11.1 Å². The zero-order valence-electron chi connectivity index (χ0n) is 20.4. The molecule has 12 heteroatoms. The second-order valence-corrected chi connectivity index (χ2v) is 11.1. The summed E-state index contributed by atoms with van der Waals surface area (Å²) in [6.45, 7) is 6.51. The molecule has 1 amide bonds. The first-order valence-corrected chi connectivity index (χ1v) is 12.9. The van der Waals surface area contributed by atoms with Gasteiger partial charge in [-0.15, -0.1) is 0 Å². The third kappa shape index (κ3) is 5.10. The smallest absolute Gasteiger partial charge is 0.384 e. The molecule has 1 aliphatic heterocycles. The number of carbonyl (C=O) groups excluding carboxylic acids is 1. The fraction of sp³-hybridized carbons (Fsp3) is 0.320. The highest BCUT2D eigenvalue weighted by Crippen LogP contribution is 2.41. The molecule has 4 rings (SSSR count). The first kappa shape index (κ1) is 26.4. The molecule has 0 bridgehead atoms. The molecule has 3 aromatic rings. The Balaban J connectivity index is 1.84. The molecule has 0 radical (unpaired) electrons. The van der Waals surface area contributed by atoms with Crippen LogP contribution in [0.1, 0.15) is 43.1 Å². The average molecular weight is 534 g/mol.